The van der Waals surface area contributed by atoms with E-state index in [4.69, 9.17) is 0 Å². The molecule has 1 amide bonds. The van der Waals surface area contributed by atoms with Gasteiger partial charge in [0, 0.05) is 11.1 Å². The molecule has 1 aliphatic heterocycles. The van der Waals surface area contributed by atoms with Gasteiger partial charge in [-0.05, 0) is 35.4 Å². The molecule has 0 aromatic heterocycles. The van der Waals surface area contributed by atoms with Crippen LogP contribution in [0, 0.1) is 12.7 Å². The number of quaternary nitrogens is 1. The second kappa shape index (κ2) is 7.49. The minimum atomic E-state index is -0.318. The number of amides is 1. The van der Waals surface area contributed by atoms with Crippen LogP contribution in [-0.2, 0) is 6.54 Å². The topological polar surface area (TPSA) is 24.8 Å². The molecule has 0 atom stereocenters. The fourth-order valence-corrected chi connectivity index (χ4v) is 3.83. The van der Waals surface area contributed by atoms with Gasteiger partial charge in [-0.1, -0.05) is 48.5 Å². The molecule has 1 heterocycles. The van der Waals surface area contributed by atoms with Gasteiger partial charge in [-0.25, -0.2) is 4.39 Å². The van der Waals surface area contributed by atoms with E-state index in [0.29, 0.717) is 24.2 Å². The number of hydrogen-bond donors (Lipinski definition) is 1. The number of carbonyl (C=O) groups excluding carboxylic acids is 1. The van der Waals surface area contributed by atoms with Crippen LogP contribution in [0.4, 0.5) is 4.39 Å². The molecule has 1 N–H and O–H groups in total. The average molecular weight is 363 g/mol. The molecule has 3 aromatic carbocycles. The molecule has 1 saturated heterocycles. The van der Waals surface area contributed by atoms with Gasteiger partial charge >= 0.3 is 0 Å². The summed E-state index contributed by atoms with van der Waals surface area (Å²) in [6, 6.07) is 19.7. The van der Waals surface area contributed by atoms with Crippen LogP contribution in [0.5, 0.6) is 0 Å². The lowest BCUT2D eigenvalue weighted by molar-refractivity contribution is -0.917. The van der Waals surface area contributed by atoms with Crippen molar-refractivity contribution in [3.63, 3.8) is 0 Å². The molecule has 27 heavy (non-hydrogen) atoms. The maximum Gasteiger partial charge on any atom is 0.254 e. The normalized spacial score (nSPS) is 15.3. The summed E-state index contributed by atoms with van der Waals surface area (Å²) in [5.74, 6) is -0.390. The van der Waals surface area contributed by atoms with Gasteiger partial charge in [0.2, 0.25) is 0 Å². The Bertz CT molecular complexity index is 972. The Morgan fingerprint density at radius 1 is 1.04 bits per heavy atom. The Labute approximate surface area is 159 Å². The molecule has 0 aliphatic carbocycles. The molecule has 4 rings (SSSR count). The maximum absolute atomic E-state index is 13.8. The van der Waals surface area contributed by atoms with Crippen molar-refractivity contribution in [3.8, 4) is 0 Å². The van der Waals surface area contributed by atoms with Gasteiger partial charge in [0.05, 0.1) is 26.2 Å². The smallest absolute Gasteiger partial charge is 0.254 e. The van der Waals surface area contributed by atoms with E-state index in [2.05, 4.69) is 42.5 Å². The van der Waals surface area contributed by atoms with Crippen LogP contribution in [0.1, 0.15) is 21.5 Å². The van der Waals surface area contributed by atoms with Gasteiger partial charge < -0.3 is 9.80 Å². The second-order valence-electron chi connectivity index (χ2n) is 7.32. The molecule has 0 unspecified atom stereocenters. The third-order valence-electron chi connectivity index (χ3n) is 5.50. The van der Waals surface area contributed by atoms with Crippen molar-refractivity contribution in [3.05, 3.63) is 83.2 Å². The van der Waals surface area contributed by atoms with E-state index in [-0.39, 0.29) is 11.7 Å². The summed E-state index contributed by atoms with van der Waals surface area (Å²) in [6.45, 7) is 5.89. The van der Waals surface area contributed by atoms with Gasteiger partial charge in [-0.15, -0.1) is 0 Å². The molecule has 0 spiro atoms. The van der Waals surface area contributed by atoms with Crippen LogP contribution in [0.15, 0.2) is 60.7 Å². The number of halogens is 1. The maximum atomic E-state index is 13.8. The van der Waals surface area contributed by atoms with Crippen molar-refractivity contribution < 1.29 is 14.1 Å². The highest BCUT2D eigenvalue weighted by Gasteiger charge is 2.25. The number of hydrogen-bond acceptors (Lipinski definition) is 1. The highest BCUT2D eigenvalue weighted by atomic mass is 19.1. The largest absolute Gasteiger partial charge is 0.328 e. The molecule has 0 radical (unpaired) electrons. The van der Waals surface area contributed by atoms with E-state index in [1.807, 2.05) is 4.90 Å². The van der Waals surface area contributed by atoms with E-state index in [1.54, 1.807) is 19.1 Å². The SMILES string of the molecule is Cc1ccc(C(=O)N2CC[NH+](Cc3cccc4ccccc34)CC2)cc1F. The molecule has 3 nitrogen and oxygen atoms in total. The van der Waals surface area contributed by atoms with Crippen LogP contribution >= 0.6 is 0 Å². The summed E-state index contributed by atoms with van der Waals surface area (Å²) in [4.78, 5) is 16.0. The minimum absolute atomic E-state index is 0.0712. The van der Waals surface area contributed by atoms with Crippen LogP contribution in [0.3, 0.4) is 0 Å². The minimum Gasteiger partial charge on any atom is -0.328 e. The summed E-state index contributed by atoms with van der Waals surface area (Å²) in [5, 5.41) is 2.57. The zero-order valence-corrected chi connectivity index (χ0v) is 15.5. The molecule has 4 heteroatoms. The number of fused-ring (bicyclic) bond motifs is 1. The average Bonchev–Trinajstić information content (AvgIpc) is 2.70. The Kier molecular flexibility index (Phi) is 4.90. The fourth-order valence-electron chi connectivity index (χ4n) is 3.83. The van der Waals surface area contributed by atoms with Gasteiger partial charge in [-0.3, -0.25) is 4.79 Å². The standard InChI is InChI=1S/C23H23FN2O/c1-17-9-10-19(15-22(17)24)23(27)26-13-11-25(12-14-26)16-20-7-4-6-18-5-2-3-8-21(18)20/h2-10,15H,11-14,16H2,1H3/p+1. The quantitative estimate of drug-likeness (QED) is 0.760. The molecule has 1 fully saturated rings. The van der Waals surface area contributed by atoms with Crippen molar-refractivity contribution in [2.75, 3.05) is 26.2 Å². The molecule has 0 saturated carbocycles. The second-order valence-corrected chi connectivity index (χ2v) is 7.32. The van der Waals surface area contributed by atoms with Gasteiger partial charge in [-0.2, -0.15) is 0 Å². The highest BCUT2D eigenvalue weighted by Crippen LogP contribution is 2.18. The molecule has 3 aromatic rings. The zero-order chi connectivity index (χ0) is 18.8. The van der Waals surface area contributed by atoms with Gasteiger partial charge in [0.25, 0.3) is 5.91 Å². The molecule has 138 valence electrons. The lowest BCUT2D eigenvalue weighted by atomic mass is 10.0. The third-order valence-corrected chi connectivity index (χ3v) is 5.50. The number of carbonyl (C=O) groups is 1. The predicted octanol–water partition coefficient (Wildman–Crippen LogP) is 2.83. The Balaban J connectivity index is 1.41. The van der Waals surface area contributed by atoms with E-state index < -0.39 is 0 Å². The Morgan fingerprint density at radius 3 is 2.56 bits per heavy atom. The van der Waals surface area contributed by atoms with Crippen LogP contribution < -0.4 is 4.90 Å². The summed E-state index contributed by atoms with van der Waals surface area (Å²) in [7, 11) is 0. The van der Waals surface area contributed by atoms with E-state index in [9.17, 15) is 9.18 Å². The number of benzene rings is 3. The van der Waals surface area contributed by atoms with E-state index in [1.165, 1.54) is 27.3 Å². The summed E-state index contributed by atoms with van der Waals surface area (Å²) in [5.41, 5.74) is 2.36. The Morgan fingerprint density at radius 2 is 1.78 bits per heavy atom. The van der Waals surface area contributed by atoms with Crippen molar-refractivity contribution in [1.29, 1.82) is 0 Å². The first-order valence-electron chi connectivity index (χ1n) is 9.47. The first kappa shape index (κ1) is 17.7. The fraction of sp³-hybridized carbons (Fsp3) is 0.261. The van der Waals surface area contributed by atoms with Crippen molar-refractivity contribution in [1.82, 2.24) is 4.90 Å². The third kappa shape index (κ3) is 3.71. The van der Waals surface area contributed by atoms with E-state index in [0.717, 1.165) is 19.6 Å². The first-order valence-corrected chi connectivity index (χ1v) is 9.47. The van der Waals surface area contributed by atoms with Crippen molar-refractivity contribution in [2.45, 2.75) is 13.5 Å². The lowest BCUT2D eigenvalue weighted by Crippen LogP contribution is -3.13. The zero-order valence-electron chi connectivity index (χ0n) is 15.5. The molecular weight excluding hydrogens is 339 g/mol. The molecular formula is C23H24FN2O+. The van der Waals surface area contributed by atoms with Gasteiger partial charge in [0.1, 0.15) is 12.4 Å². The van der Waals surface area contributed by atoms with Crippen LogP contribution in [-0.4, -0.2) is 37.0 Å². The first-order chi connectivity index (χ1) is 13.1. The monoisotopic (exact) mass is 363 g/mol. The predicted molar refractivity (Wildman–Crippen MR) is 105 cm³/mol. The van der Waals surface area contributed by atoms with Gasteiger partial charge in [0.15, 0.2) is 0 Å². The molecule has 1 aliphatic rings. The van der Waals surface area contributed by atoms with Crippen molar-refractivity contribution >= 4 is 16.7 Å². The summed E-state index contributed by atoms with van der Waals surface area (Å²) < 4.78 is 13.8. The van der Waals surface area contributed by atoms with E-state index >= 15 is 0 Å². The van der Waals surface area contributed by atoms with Crippen LogP contribution in [0.2, 0.25) is 0 Å². The number of nitrogens with one attached hydrogen (secondary N) is 1. The lowest BCUT2D eigenvalue weighted by Gasteiger charge is -2.32. The summed E-state index contributed by atoms with van der Waals surface area (Å²) >= 11 is 0. The summed E-state index contributed by atoms with van der Waals surface area (Å²) in [6.07, 6.45) is 0. The van der Waals surface area contributed by atoms with Crippen molar-refractivity contribution in [2.24, 2.45) is 0 Å². The Hall–Kier alpha value is -2.72. The number of piperazine rings is 1. The number of aryl methyl sites for hydroxylation is 1. The number of rotatable bonds is 3. The van der Waals surface area contributed by atoms with Crippen LogP contribution in [0.25, 0.3) is 10.8 Å². The molecule has 0 bridgehead atoms. The number of nitrogens with zero attached hydrogens (tertiary/aromatic N) is 1. The highest BCUT2D eigenvalue weighted by molar-refractivity contribution is 5.94.